The van der Waals surface area contributed by atoms with E-state index >= 15 is 0 Å². The van der Waals surface area contributed by atoms with Crippen molar-refractivity contribution in [3.05, 3.63) is 12.2 Å². The molecule has 1 aliphatic heterocycles. The van der Waals surface area contributed by atoms with E-state index in [4.69, 9.17) is 5.11 Å². The summed E-state index contributed by atoms with van der Waals surface area (Å²) in [7, 11) is -3.62. The van der Waals surface area contributed by atoms with Crippen LogP contribution in [0, 0.1) is 5.92 Å². The summed E-state index contributed by atoms with van der Waals surface area (Å²) in [5, 5.41) is 15.4. The SMILES string of the molecule is O=C(O)C1CCCN(S(=O)(=O)NCCCc2ncn[nH]2)C1. The average Bonchev–Trinajstić information content (AvgIpc) is 2.97. The van der Waals surface area contributed by atoms with E-state index in [1.54, 1.807) is 0 Å². The van der Waals surface area contributed by atoms with Crippen LogP contribution in [0.15, 0.2) is 6.33 Å². The van der Waals surface area contributed by atoms with Crippen LogP contribution in [0.1, 0.15) is 25.1 Å². The first kappa shape index (κ1) is 15.9. The van der Waals surface area contributed by atoms with Gasteiger partial charge in [-0.2, -0.15) is 17.8 Å². The van der Waals surface area contributed by atoms with E-state index in [0.29, 0.717) is 38.1 Å². The maximum Gasteiger partial charge on any atom is 0.307 e. The molecule has 1 fully saturated rings. The van der Waals surface area contributed by atoms with Gasteiger partial charge in [-0.25, -0.2) is 9.71 Å². The number of carboxylic acids is 1. The predicted molar refractivity (Wildman–Crippen MR) is 73.6 cm³/mol. The maximum atomic E-state index is 12.1. The van der Waals surface area contributed by atoms with Gasteiger partial charge in [0, 0.05) is 26.1 Å². The largest absolute Gasteiger partial charge is 0.481 e. The van der Waals surface area contributed by atoms with E-state index in [1.807, 2.05) is 0 Å². The highest BCUT2D eigenvalue weighted by Crippen LogP contribution is 2.18. The van der Waals surface area contributed by atoms with Gasteiger partial charge in [-0.1, -0.05) is 0 Å². The molecule has 9 nitrogen and oxygen atoms in total. The Balaban J connectivity index is 1.79. The van der Waals surface area contributed by atoms with Crippen LogP contribution in [0.4, 0.5) is 0 Å². The molecule has 1 aromatic heterocycles. The number of hydrogen-bond donors (Lipinski definition) is 3. The van der Waals surface area contributed by atoms with Crippen LogP contribution in [0.2, 0.25) is 0 Å². The lowest BCUT2D eigenvalue weighted by molar-refractivity contribution is -0.142. The number of carboxylic acid groups (broad SMARTS) is 1. The standard InChI is InChI=1S/C11H19N5O4S/c17-11(18)9-3-2-6-16(7-9)21(19,20)14-5-1-4-10-12-8-13-15-10/h8-9,14H,1-7H2,(H,17,18)(H,12,13,15). The molecular weight excluding hydrogens is 298 g/mol. The van der Waals surface area contributed by atoms with Crippen molar-refractivity contribution in [1.29, 1.82) is 0 Å². The Bertz CT molecular complexity index is 559. The molecule has 0 aliphatic carbocycles. The molecule has 2 heterocycles. The highest BCUT2D eigenvalue weighted by Gasteiger charge is 2.31. The van der Waals surface area contributed by atoms with Crippen molar-refractivity contribution in [1.82, 2.24) is 24.2 Å². The van der Waals surface area contributed by atoms with E-state index in [9.17, 15) is 13.2 Å². The smallest absolute Gasteiger partial charge is 0.307 e. The van der Waals surface area contributed by atoms with Crippen LogP contribution in [0.25, 0.3) is 0 Å². The summed E-state index contributed by atoms with van der Waals surface area (Å²) in [6, 6.07) is 0. The van der Waals surface area contributed by atoms with Crippen molar-refractivity contribution in [2.45, 2.75) is 25.7 Å². The molecule has 0 bridgehead atoms. The van der Waals surface area contributed by atoms with Gasteiger partial charge in [0.1, 0.15) is 12.2 Å². The summed E-state index contributed by atoms with van der Waals surface area (Å²) in [6.45, 7) is 0.672. The van der Waals surface area contributed by atoms with Gasteiger partial charge in [0.15, 0.2) is 0 Å². The first-order chi connectivity index (χ1) is 9.99. The van der Waals surface area contributed by atoms with E-state index < -0.39 is 22.1 Å². The second-order valence-corrected chi connectivity index (χ2v) is 6.73. The van der Waals surface area contributed by atoms with E-state index in [2.05, 4.69) is 19.9 Å². The number of aromatic nitrogens is 3. The van der Waals surface area contributed by atoms with Gasteiger partial charge < -0.3 is 5.11 Å². The summed E-state index contributed by atoms with van der Waals surface area (Å²) >= 11 is 0. The maximum absolute atomic E-state index is 12.1. The van der Waals surface area contributed by atoms with Crippen molar-refractivity contribution in [3.8, 4) is 0 Å². The van der Waals surface area contributed by atoms with Crippen molar-refractivity contribution < 1.29 is 18.3 Å². The molecule has 0 aromatic carbocycles. The molecule has 0 saturated carbocycles. The Morgan fingerprint density at radius 2 is 2.38 bits per heavy atom. The lowest BCUT2D eigenvalue weighted by Crippen LogP contribution is -2.47. The van der Waals surface area contributed by atoms with Gasteiger partial charge in [-0.15, -0.1) is 0 Å². The third kappa shape index (κ3) is 4.48. The zero-order valence-corrected chi connectivity index (χ0v) is 12.3. The van der Waals surface area contributed by atoms with Crippen LogP contribution in [-0.2, 0) is 21.4 Å². The number of piperidine rings is 1. The molecule has 21 heavy (non-hydrogen) atoms. The molecule has 1 unspecified atom stereocenters. The van der Waals surface area contributed by atoms with E-state index in [-0.39, 0.29) is 13.1 Å². The fraction of sp³-hybridized carbons (Fsp3) is 0.727. The molecular formula is C11H19N5O4S. The minimum Gasteiger partial charge on any atom is -0.481 e. The summed E-state index contributed by atoms with van der Waals surface area (Å²) in [5.74, 6) is -0.858. The fourth-order valence-electron chi connectivity index (χ4n) is 2.26. The molecule has 0 radical (unpaired) electrons. The molecule has 1 aromatic rings. The Morgan fingerprint density at radius 1 is 1.57 bits per heavy atom. The number of hydrogen-bond acceptors (Lipinski definition) is 5. The number of aryl methyl sites for hydroxylation is 1. The van der Waals surface area contributed by atoms with Gasteiger partial charge in [-0.3, -0.25) is 9.89 Å². The summed E-state index contributed by atoms with van der Waals surface area (Å²) < 4.78 is 27.9. The number of aliphatic carboxylic acids is 1. The summed E-state index contributed by atoms with van der Waals surface area (Å²) in [4.78, 5) is 14.9. The van der Waals surface area contributed by atoms with E-state index in [1.165, 1.54) is 10.6 Å². The van der Waals surface area contributed by atoms with Crippen molar-refractivity contribution in [3.63, 3.8) is 0 Å². The second-order valence-electron chi connectivity index (χ2n) is 4.97. The van der Waals surface area contributed by atoms with E-state index in [0.717, 1.165) is 0 Å². The second kappa shape index (κ2) is 6.96. The number of carbonyl (C=O) groups is 1. The third-order valence-electron chi connectivity index (χ3n) is 3.41. The summed E-state index contributed by atoms with van der Waals surface area (Å²) in [6.07, 6.45) is 3.67. The Labute approximate surface area is 122 Å². The predicted octanol–water partition coefficient (Wildman–Crippen LogP) is -0.632. The van der Waals surface area contributed by atoms with Crippen LogP contribution < -0.4 is 4.72 Å². The highest BCUT2D eigenvalue weighted by molar-refractivity contribution is 7.87. The molecule has 2 rings (SSSR count). The first-order valence-electron chi connectivity index (χ1n) is 6.81. The highest BCUT2D eigenvalue weighted by atomic mass is 32.2. The number of nitrogens with zero attached hydrogens (tertiary/aromatic N) is 3. The van der Waals surface area contributed by atoms with Crippen LogP contribution >= 0.6 is 0 Å². The number of nitrogens with one attached hydrogen (secondary N) is 2. The van der Waals surface area contributed by atoms with Gasteiger partial charge in [0.2, 0.25) is 0 Å². The fourth-order valence-corrected chi connectivity index (χ4v) is 3.59. The average molecular weight is 317 g/mol. The van der Waals surface area contributed by atoms with Gasteiger partial charge >= 0.3 is 5.97 Å². The molecule has 0 amide bonds. The van der Waals surface area contributed by atoms with Gasteiger partial charge in [0.05, 0.1) is 5.92 Å². The lowest BCUT2D eigenvalue weighted by atomic mass is 10.0. The van der Waals surface area contributed by atoms with Crippen molar-refractivity contribution in [2.24, 2.45) is 5.92 Å². The molecule has 3 N–H and O–H groups in total. The van der Waals surface area contributed by atoms with Crippen molar-refractivity contribution >= 4 is 16.2 Å². The monoisotopic (exact) mass is 317 g/mol. The minimum absolute atomic E-state index is 0.0345. The molecule has 10 heteroatoms. The molecule has 1 saturated heterocycles. The number of aromatic amines is 1. The Hall–Kier alpha value is -1.52. The van der Waals surface area contributed by atoms with Gasteiger partial charge in [-0.05, 0) is 19.3 Å². The molecule has 1 aliphatic rings. The Morgan fingerprint density at radius 3 is 3.05 bits per heavy atom. The van der Waals surface area contributed by atoms with Crippen molar-refractivity contribution in [2.75, 3.05) is 19.6 Å². The summed E-state index contributed by atoms with van der Waals surface area (Å²) in [5.41, 5.74) is 0. The first-order valence-corrected chi connectivity index (χ1v) is 8.25. The van der Waals surface area contributed by atoms with Gasteiger partial charge in [0.25, 0.3) is 10.2 Å². The quantitative estimate of drug-likeness (QED) is 0.574. The normalized spacial score (nSPS) is 20.5. The molecule has 118 valence electrons. The molecule has 1 atom stereocenters. The van der Waals surface area contributed by atoms with Crippen LogP contribution in [0.3, 0.4) is 0 Å². The zero-order valence-electron chi connectivity index (χ0n) is 11.5. The third-order valence-corrected chi connectivity index (χ3v) is 4.99. The number of rotatable bonds is 7. The Kier molecular flexibility index (Phi) is 5.26. The molecule has 0 spiro atoms. The minimum atomic E-state index is -3.62. The lowest BCUT2D eigenvalue weighted by Gasteiger charge is -2.29. The van der Waals surface area contributed by atoms with Crippen LogP contribution in [0.5, 0.6) is 0 Å². The zero-order chi connectivity index (χ0) is 15.3. The van der Waals surface area contributed by atoms with Crippen LogP contribution in [-0.4, -0.2) is 58.6 Å². The topological polar surface area (TPSA) is 128 Å². The number of H-pyrrole nitrogens is 1.